The largest absolute Gasteiger partial charge is 0.503 e. The molecule has 0 aliphatic heterocycles. The smallest absolute Gasteiger partial charge is 0.450 e. The Morgan fingerprint density at radius 2 is 1.33 bits per heavy atom. The maximum Gasteiger partial charge on any atom is 0.503 e. The molecule has 0 bridgehead atoms. The van der Waals surface area contributed by atoms with E-state index in [9.17, 15) is 0 Å². The van der Waals surface area contributed by atoms with E-state index in [1.165, 1.54) is 0 Å². The summed E-state index contributed by atoms with van der Waals surface area (Å²) >= 11 is 0. The van der Waals surface area contributed by atoms with E-state index in [1.807, 2.05) is 0 Å². The number of hydrogen-bond donors (Lipinski definition) is 2. The molecule has 0 unspecified atom stereocenters. The van der Waals surface area contributed by atoms with Crippen molar-refractivity contribution in [2.45, 2.75) is 0 Å². The van der Waals surface area contributed by atoms with E-state index in [1.54, 1.807) is 0 Å². The molecule has 4 N–H and O–H groups in total. The number of carboxylic acid groups (broad SMARTS) is 2. The van der Waals surface area contributed by atoms with Gasteiger partial charge in [0.2, 0.25) is 0 Å². The summed E-state index contributed by atoms with van der Waals surface area (Å²) in [7, 11) is 0. The summed E-state index contributed by atoms with van der Waals surface area (Å²) in [5.41, 5.74) is 0. The molecule has 45 valence electrons. The molecule has 0 aromatic heterocycles. The number of carbonyl (C=O) groups is 1. The van der Waals surface area contributed by atoms with Crippen LogP contribution in [0, 0.1) is 36.9 Å². The first-order chi connectivity index (χ1) is 1.73. The van der Waals surface area contributed by atoms with Crippen molar-refractivity contribution in [1.82, 2.24) is 0 Å². The zero-order valence-corrected chi connectivity index (χ0v) is 4.36. The monoisotopic (exact) mass is 249 g/mol. The second-order valence-electron chi connectivity index (χ2n) is 0.283. The van der Waals surface area contributed by atoms with Gasteiger partial charge in [0.25, 0.3) is 0 Å². The molecule has 0 aromatic rings. The Bertz CT molecular complexity index is 30.5. The van der Waals surface area contributed by atoms with E-state index in [2.05, 4.69) is 0 Å². The van der Waals surface area contributed by atoms with E-state index in [4.69, 9.17) is 15.0 Å². The van der Waals surface area contributed by atoms with Crippen LogP contribution in [0.15, 0.2) is 0 Å². The van der Waals surface area contributed by atoms with E-state index >= 15 is 0 Å². The molecule has 0 heterocycles. The second kappa shape index (κ2) is 9.07. The molecule has 0 amide bonds. The van der Waals surface area contributed by atoms with Gasteiger partial charge in [-0.05, 0) is 0 Å². The first kappa shape index (κ1) is 16.1. The van der Waals surface area contributed by atoms with E-state index in [0.717, 1.165) is 0 Å². The molecule has 0 atom stereocenters. The van der Waals surface area contributed by atoms with E-state index < -0.39 is 6.16 Å². The minimum Gasteiger partial charge on any atom is -0.450 e. The summed E-state index contributed by atoms with van der Waals surface area (Å²) in [4.78, 5) is 8.56. The maximum atomic E-state index is 8.56. The van der Waals surface area contributed by atoms with Crippen LogP contribution in [0.1, 0.15) is 0 Å². The molecule has 0 rings (SSSR count). The third-order valence-corrected chi connectivity index (χ3v) is 0. The van der Waals surface area contributed by atoms with Gasteiger partial charge in [0, 0.05) is 36.9 Å². The van der Waals surface area contributed by atoms with Gasteiger partial charge < -0.3 is 15.7 Å². The van der Waals surface area contributed by atoms with Gasteiger partial charge in [-0.2, -0.15) is 0 Å². The standard InChI is InChI=1S/CH2O3.H2O.Tm/c2-1(3)4;;/h(H2,2,3,4);1H2;. The average molecular weight is 249 g/mol. The van der Waals surface area contributed by atoms with Crippen molar-refractivity contribution in [2.24, 2.45) is 0 Å². The fourth-order valence-corrected chi connectivity index (χ4v) is 0. The molecule has 4 nitrogen and oxygen atoms in total. The molecule has 0 spiro atoms. The van der Waals surface area contributed by atoms with Crippen LogP contribution >= 0.6 is 0 Å². The van der Waals surface area contributed by atoms with Crippen LogP contribution in [0.5, 0.6) is 0 Å². The Morgan fingerprint density at radius 3 is 1.33 bits per heavy atom. The van der Waals surface area contributed by atoms with Gasteiger partial charge >= 0.3 is 6.16 Å². The predicted octanol–water partition coefficient (Wildman–Crippen LogP) is -0.602. The Morgan fingerprint density at radius 1 is 1.33 bits per heavy atom. The van der Waals surface area contributed by atoms with Crippen molar-refractivity contribution in [3.8, 4) is 0 Å². The molecular weight excluding hydrogens is 245 g/mol. The third kappa shape index (κ3) is 249. The van der Waals surface area contributed by atoms with Crippen molar-refractivity contribution in [3.05, 3.63) is 0 Å². The molecule has 0 saturated carbocycles. The molecule has 0 saturated heterocycles. The first-order valence-electron chi connectivity index (χ1n) is 0.651. The van der Waals surface area contributed by atoms with Gasteiger partial charge in [0.05, 0.1) is 0 Å². The fraction of sp³-hybridized carbons (Fsp3) is 0. The van der Waals surface area contributed by atoms with Crippen LogP contribution in [0.2, 0.25) is 0 Å². The van der Waals surface area contributed by atoms with Crippen LogP contribution in [-0.2, 0) is 0 Å². The molecule has 6 heavy (non-hydrogen) atoms. The normalized spacial score (nSPS) is 4.00. The van der Waals surface area contributed by atoms with Crippen LogP contribution in [0.25, 0.3) is 0 Å². The summed E-state index contributed by atoms with van der Waals surface area (Å²) in [6.07, 6.45) is -1.83. The van der Waals surface area contributed by atoms with Crippen molar-refractivity contribution in [2.75, 3.05) is 0 Å². The third-order valence-electron chi connectivity index (χ3n) is 0. The van der Waals surface area contributed by atoms with Crippen LogP contribution in [0.4, 0.5) is 4.79 Å². The zero-order valence-electron chi connectivity index (χ0n) is 2.58. The second-order valence-corrected chi connectivity index (χ2v) is 0.283. The van der Waals surface area contributed by atoms with Crippen molar-refractivity contribution >= 4 is 6.16 Å². The van der Waals surface area contributed by atoms with Crippen molar-refractivity contribution < 1.29 is 57.4 Å². The topological polar surface area (TPSA) is 89.0 Å². The Hall–Kier alpha value is 0.464. The van der Waals surface area contributed by atoms with Gasteiger partial charge in [0.1, 0.15) is 0 Å². The summed E-state index contributed by atoms with van der Waals surface area (Å²) in [6, 6.07) is 0. The molecule has 1 radical (unpaired) electrons. The van der Waals surface area contributed by atoms with Gasteiger partial charge in [-0.3, -0.25) is 0 Å². The van der Waals surface area contributed by atoms with Crippen LogP contribution < -0.4 is 0 Å². The van der Waals surface area contributed by atoms with Gasteiger partial charge in [-0.15, -0.1) is 0 Å². The molecular formula is CH4O4Tm. The summed E-state index contributed by atoms with van der Waals surface area (Å²) < 4.78 is 0. The van der Waals surface area contributed by atoms with Crippen LogP contribution in [0.3, 0.4) is 0 Å². The Kier molecular flexibility index (Phi) is 24.3. The zero-order chi connectivity index (χ0) is 3.58. The van der Waals surface area contributed by atoms with Crippen molar-refractivity contribution in [1.29, 1.82) is 0 Å². The van der Waals surface area contributed by atoms with Gasteiger partial charge in [-0.1, -0.05) is 0 Å². The molecule has 5 heteroatoms. The number of hydrogen-bond acceptors (Lipinski definition) is 1. The van der Waals surface area contributed by atoms with Crippen LogP contribution in [-0.4, -0.2) is 21.8 Å². The molecule has 0 aliphatic rings. The molecule has 0 aliphatic carbocycles. The minimum absolute atomic E-state index is 0. The summed E-state index contributed by atoms with van der Waals surface area (Å²) in [5, 5.41) is 13.9. The van der Waals surface area contributed by atoms with E-state index in [0.29, 0.717) is 0 Å². The fourth-order valence-electron chi connectivity index (χ4n) is 0. The minimum atomic E-state index is -1.83. The first-order valence-corrected chi connectivity index (χ1v) is 0.651. The SMILES string of the molecule is O.O=C(O)O.[Tm]. The molecule has 0 fully saturated rings. The average Bonchev–Trinajstić information content (AvgIpc) is 0.811. The number of rotatable bonds is 0. The summed E-state index contributed by atoms with van der Waals surface area (Å²) in [5.74, 6) is 0. The summed E-state index contributed by atoms with van der Waals surface area (Å²) in [6.45, 7) is 0. The predicted molar refractivity (Wildman–Crippen MR) is 14.3 cm³/mol. The van der Waals surface area contributed by atoms with Crippen molar-refractivity contribution in [3.63, 3.8) is 0 Å². The van der Waals surface area contributed by atoms with E-state index in [-0.39, 0.29) is 42.4 Å². The molecule has 0 aromatic carbocycles. The van der Waals surface area contributed by atoms with Gasteiger partial charge in [0.15, 0.2) is 0 Å². The van der Waals surface area contributed by atoms with Gasteiger partial charge in [-0.25, -0.2) is 4.79 Å². The maximum absolute atomic E-state index is 8.56. The quantitative estimate of drug-likeness (QED) is 0.600. The Labute approximate surface area is 63.3 Å². The Balaban J connectivity index is -0.0000000450.